The van der Waals surface area contributed by atoms with Crippen LogP contribution in [0.5, 0.6) is 5.75 Å². The Balaban J connectivity index is 0.00000204. The third-order valence-corrected chi connectivity index (χ3v) is 4.07. The van der Waals surface area contributed by atoms with Gasteiger partial charge in [0.15, 0.2) is 0 Å². The molecule has 0 saturated heterocycles. The Hall–Kier alpha value is -2.70. The molecule has 0 fully saturated rings. The van der Waals surface area contributed by atoms with E-state index in [1.807, 2.05) is 77.1 Å². The number of benzene rings is 2. The highest BCUT2D eigenvalue weighted by Gasteiger charge is 2.16. The Morgan fingerprint density at radius 2 is 1.72 bits per heavy atom. The molecule has 0 bridgehead atoms. The summed E-state index contributed by atoms with van der Waals surface area (Å²) in [5, 5.41) is 9.78. The maximum atomic E-state index is 9.78. The zero-order valence-corrected chi connectivity index (χ0v) is 18.6. The van der Waals surface area contributed by atoms with Gasteiger partial charge in [0.25, 0.3) is 0 Å². The Morgan fingerprint density at radius 1 is 1.07 bits per heavy atom. The van der Waals surface area contributed by atoms with Crippen LogP contribution in [0.2, 0.25) is 0 Å². The van der Waals surface area contributed by atoms with Crippen molar-refractivity contribution in [2.45, 2.75) is 60.2 Å². The van der Waals surface area contributed by atoms with Gasteiger partial charge < -0.3 is 14.6 Å². The molecule has 1 atom stereocenters. The van der Waals surface area contributed by atoms with Crippen molar-refractivity contribution in [3.8, 4) is 17.6 Å². The SMILES string of the molecule is C=C(O)C(Cc1ccc(C)c(OCC#Cc2ccc(C)cc2)c1)OC(C)C.CC. The number of aliphatic hydroxyl groups is 1. The Morgan fingerprint density at radius 3 is 2.31 bits per heavy atom. The number of aryl methyl sites for hydroxylation is 2. The Labute approximate surface area is 176 Å². The minimum Gasteiger partial charge on any atom is -0.510 e. The van der Waals surface area contributed by atoms with Gasteiger partial charge in [0.1, 0.15) is 24.2 Å². The van der Waals surface area contributed by atoms with Crippen molar-refractivity contribution in [3.05, 3.63) is 77.1 Å². The highest BCUT2D eigenvalue weighted by atomic mass is 16.5. The van der Waals surface area contributed by atoms with Gasteiger partial charge in [-0.1, -0.05) is 62.1 Å². The lowest BCUT2D eigenvalue weighted by Crippen LogP contribution is -2.22. The van der Waals surface area contributed by atoms with E-state index in [0.717, 1.165) is 22.4 Å². The molecule has 0 aliphatic heterocycles. The fourth-order valence-corrected chi connectivity index (χ4v) is 2.60. The largest absolute Gasteiger partial charge is 0.510 e. The van der Waals surface area contributed by atoms with Crippen molar-refractivity contribution in [2.24, 2.45) is 0 Å². The lowest BCUT2D eigenvalue weighted by Gasteiger charge is -2.20. The zero-order valence-electron chi connectivity index (χ0n) is 18.6. The molecular weight excluding hydrogens is 360 g/mol. The molecule has 0 aromatic heterocycles. The molecule has 0 heterocycles. The van der Waals surface area contributed by atoms with E-state index in [0.29, 0.717) is 13.0 Å². The average Bonchev–Trinajstić information content (AvgIpc) is 2.69. The van der Waals surface area contributed by atoms with E-state index in [-0.39, 0.29) is 11.9 Å². The van der Waals surface area contributed by atoms with E-state index in [1.165, 1.54) is 5.56 Å². The lowest BCUT2D eigenvalue weighted by molar-refractivity contribution is 0.00789. The van der Waals surface area contributed by atoms with Crippen LogP contribution in [0, 0.1) is 25.7 Å². The van der Waals surface area contributed by atoms with E-state index in [1.54, 1.807) is 0 Å². The Kier molecular flexibility index (Phi) is 10.7. The van der Waals surface area contributed by atoms with Crippen molar-refractivity contribution in [2.75, 3.05) is 6.61 Å². The van der Waals surface area contributed by atoms with Crippen molar-refractivity contribution in [1.82, 2.24) is 0 Å². The van der Waals surface area contributed by atoms with Gasteiger partial charge in [0.2, 0.25) is 0 Å². The normalized spacial score (nSPS) is 11.0. The standard InChI is InChI=1S/C24H28O3.C2H6/c1-17(2)27-24(20(5)25)16-22-13-10-19(4)23(15-22)26-14-6-7-21-11-8-18(3)9-12-21;1-2/h8-13,15,17,24-25H,5,14,16H2,1-4H3;1-2H3. The monoisotopic (exact) mass is 394 g/mol. The van der Waals surface area contributed by atoms with E-state index >= 15 is 0 Å². The van der Waals surface area contributed by atoms with E-state index in [9.17, 15) is 5.11 Å². The van der Waals surface area contributed by atoms with Crippen molar-refractivity contribution < 1.29 is 14.6 Å². The molecule has 2 aromatic carbocycles. The molecule has 0 aliphatic rings. The van der Waals surface area contributed by atoms with Gasteiger partial charge in [-0.05, 0) is 57.0 Å². The average molecular weight is 395 g/mol. The second kappa shape index (κ2) is 12.7. The van der Waals surface area contributed by atoms with Crippen LogP contribution in [0.1, 0.15) is 49.9 Å². The van der Waals surface area contributed by atoms with Crippen LogP contribution in [-0.4, -0.2) is 23.9 Å². The minimum atomic E-state index is -0.429. The summed E-state index contributed by atoms with van der Waals surface area (Å²) in [6, 6.07) is 14.1. The smallest absolute Gasteiger partial charge is 0.149 e. The molecule has 3 heteroatoms. The van der Waals surface area contributed by atoms with Crippen LogP contribution in [-0.2, 0) is 11.2 Å². The number of hydrogen-bond donors (Lipinski definition) is 1. The van der Waals surface area contributed by atoms with Gasteiger partial charge in [0, 0.05) is 12.0 Å². The molecule has 2 rings (SSSR count). The first-order valence-corrected chi connectivity index (χ1v) is 10.2. The fraction of sp³-hybridized carbons (Fsp3) is 0.385. The molecule has 1 unspecified atom stereocenters. The van der Waals surface area contributed by atoms with Crippen molar-refractivity contribution in [3.63, 3.8) is 0 Å². The predicted molar refractivity (Wildman–Crippen MR) is 122 cm³/mol. The van der Waals surface area contributed by atoms with E-state index in [4.69, 9.17) is 9.47 Å². The summed E-state index contributed by atoms with van der Waals surface area (Å²) in [5.74, 6) is 6.98. The molecule has 0 saturated carbocycles. The molecule has 2 aromatic rings. The third kappa shape index (κ3) is 8.89. The van der Waals surface area contributed by atoms with Gasteiger partial charge in [-0.2, -0.15) is 0 Å². The van der Waals surface area contributed by atoms with E-state index in [2.05, 4.69) is 25.3 Å². The number of aliphatic hydroxyl groups excluding tert-OH is 1. The maximum absolute atomic E-state index is 9.78. The molecule has 156 valence electrons. The third-order valence-electron chi connectivity index (χ3n) is 4.07. The van der Waals surface area contributed by atoms with Crippen LogP contribution in [0.3, 0.4) is 0 Å². The van der Waals surface area contributed by atoms with Crippen LogP contribution < -0.4 is 4.74 Å². The predicted octanol–water partition coefficient (Wildman–Crippen LogP) is 6.17. The highest BCUT2D eigenvalue weighted by molar-refractivity contribution is 5.39. The molecular formula is C26H34O3. The molecule has 0 amide bonds. The summed E-state index contributed by atoms with van der Waals surface area (Å²) >= 11 is 0. The van der Waals surface area contributed by atoms with Crippen molar-refractivity contribution in [1.29, 1.82) is 0 Å². The summed E-state index contributed by atoms with van der Waals surface area (Å²) in [4.78, 5) is 0. The molecule has 1 N–H and O–H groups in total. The summed E-state index contributed by atoms with van der Waals surface area (Å²) in [6.07, 6.45) is 0.123. The highest BCUT2D eigenvalue weighted by Crippen LogP contribution is 2.22. The molecule has 29 heavy (non-hydrogen) atoms. The second-order valence-corrected chi connectivity index (χ2v) is 6.93. The first-order chi connectivity index (χ1) is 13.8. The maximum Gasteiger partial charge on any atom is 0.149 e. The van der Waals surface area contributed by atoms with E-state index < -0.39 is 6.10 Å². The van der Waals surface area contributed by atoms with Gasteiger partial charge >= 0.3 is 0 Å². The van der Waals surface area contributed by atoms with Crippen molar-refractivity contribution >= 4 is 0 Å². The molecule has 0 aliphatic carbocycles. The quantitative estimate of drug-likeness (QED) is 0.451. The fourth-order valence-electron chi connectivity index (χ4n) is 2.60. The summed E-state index contributed by atoms with van der Waals surface area (Å²) in [7, 11) is 0. The number of ether oxygens (including phenoxy) is 2. The molecule has 0 spiro atoms. The van der Waals surface area contributed by atoms with Crippen LogP contribution in [0.4, 0.5) is 0 Å². The molecule has 0 radical (unpaired) electrons. The van der Waals surface area contributed by atoms with Crippen LogP contribution >= 0.6 is 0 Å². The number of rotatable bonds is 7. The van der Waals surface area contributed by atoms with Crippen LogP contribution in [0.25, 0.3) is 0 Å². The zero-order chi connectivity index (χ0) is 21.8. The van der Waals surface area contributed by atoms with Gasteiger partial charge in [-0.3, -0.25) is 0 Å². The van der Waals surface area contributed by atoms with Crippen LogP contribution in [0.15, 0.2) is 54.8 Å². The summed E-state index contributed by atoms with van der Waals surface area (Å²) < 4.78 is 11.6. The number of hydrogen-bond acceptors (Lipinski definition) is 3. The lowest BCUT2D eigenvalue weighted by atomic mass is 10.0. The topological polar surface area (TPSA) is 38.7 Å². The van der Waals surface area contributed by atoms with Gasteiger partial charge in [-0.15, -0.1) is 0 Å². The van der Waals surface area contributed by atoms with Gasteiger partial charge in [-0.25, -0.2) is 0 Å². The first kappa shape index (κ1) is 24.3. The second-order valence-electron chi connectivity index (χ2n) is 6.93. The minimum absolute atomic E-state index is 0.0112. The molecule has 3 nitrogen and oxygen atoms in total. The summed E-state index contributed by atoms with van der Waals surface area (Å²) in [6.45, 7) is 15.9. The Bertz CT molecular complexity index is 823. The first-order valence-electron chi connectivity index (χ1n) is 10.2. The van der Waals surface area contributed by atoms with Gasteiger partial charge in [0.05, 0.1) is 6.10 Å². The summed E-state index contributed by atoms with van der Waals surface area (Å²) in [5.41, 5.74) is 4.25.